The van der Waals surface area contributed by atoms with Crippen molar-refractivity contribution >= 4 is 21.8 Å². The quantitative estimate of drug-likeness (QED) is 0.690. The first-order chi connectivity index (χ1) is 9.00. The highest BCUT2D eigenvalue weighted by molar-refractivity contribution is 9.09. The summed E-state index contributed by atoms with van der Waals surface area (Å²) in [5.74, 6) is 0.858. The van der Waals surface area contributed by atoms with E-state index in [0.29, 0.717) is 17.4 Å². The van der Waals surface area contributed by atoms with Crippen LogP contribution >= 0.6 is 15.9 Å². The van der Waals surface area contributed by atoms with Crippen LogP contribution in [-0.2, 0) is 9.53 Å². The minimum absolute atomic E-state index is 0.0861. The van der Waals surface area contributed by atoms with Crippen molar-refractivity contribution in [2.75, 3.05) is 20.3 Å². The molecule has 0 bridgehead atoms. The Hall–Kier alpha value is -0.0900. The van der Waals surface area contributed by atoms with E-state index in [1.807, 2.05) is 0 Å². The van der Waals surface area contributed by atoms with Crippen molar-refractivity contribution in [2.45, 2.75) is 57.2 Å². The molecular weight excluding hydrogens is 306 g/mol. The van der Waals surface area contributed by atoms with Gasteiger partial charge in [-0.3, -0.25) is 4.79 Å². The molecule has 0 heterocycles. The standard InChI is InChI=1S/C15H28BrNO2/c1-12(2)10-15(7-4-5-8-15)14(18)17-9-6-13(16)11-19-3/h12-13H,4-11H2,1-3H3,(H,17,18). The summed E-state index contributed by atoms with van der Waals surface area (Å²) < 4.78 is 5.07. The van der Waals surface area contributed by atoms with E-state index in [2.05, 4.69) is 35.1 Å². The second kappa shape index (κ2) is 8.25. The number of halogens is 1. The average molecular weight is 334 g/mol. The molecule has 0 aromatic carbocycles. The molecule has 0 spiro atoms. The Morgan fingerprint density at radius 3 is 2.53 bits per heavy atom. The minimum atomic E-state index is -0.0861. The molecule has 1 atom stereocenters. The molecular formula is C15H28BrNO2. The SMILES string of the molecule is COCC(Br)CCNC(=O)C1(CC(C)C)CCCC1. The van der Waals surface area contributed by atoms with Crippen LogP contribution in [0.1, 0.15) is 52.4 Å². The van der Waals surface area contributed by atoms with Gasteiger partial charge in [-0.1, -0.05) is 42.6 Å². The van der Waals surface area contributed by atoms with Crippen molar-refractivity contribution in [3.63, 3.8) is 0 Å². The summed E-state index contributed by atoms with van der Waals surface area (Å²) >= 11 is 3.55. The lowest BCUT2D eigenvalue weighted by atomic mass is 9.77. The number of methoxy groups -OCH3 is 1. The van der Waals surface area contributed by atoms with Gasteiger partial charge in [0.25, 0.3) is 0 Å². The van der Waals surface area contributed by atoms with Crippen LogP contribution in [0.4, 0.5) is 0 Å². The third kappa shape index (κ3) is 5.42. The van der Waals surface area contributed by atoms with E-state index >= 15 is 0 Å². The van der Waals surface area contributed by atoms with Crippen molar-refractivity contribution in [2.24, 2.45) is 11.3 Å². The summed E-state index contributed by atoms with van der Waals surface area (Å²) in [6, 6.07) is 0. The lowest BCUT2D eigenvalue weighted by molar-refractivity contribution is -0.131. The van der Waals surface area contributed by atoms with Crippen LogP contribution in [0.3, 0.4) is 0 Å². The number of hydrogen-bond donors (Lipinski definition) is 1. The Kier molecular flexibility index (Phi) is 7.37. The van der Waals surface area contributed by atoms with Gasteiger partial charge in [-0.15, -0.1) is 0 Å². The van der Waals surface area contributed by atoms with E-state index in [1.165, 1.54) is 12.8 Å². The van der Waals surface area contributed by atoms with Gasteiger partial charge in [0.15, 0.2) is 0 Å². The van der Waals surface area contributed by atoms with Gasteiger partial charge in [0, 0.05) is 23.9 Å². The van der Waals surface area contributed by atoms with Gasteiger partial charge in [0.2, 0.25) is 5.91 Å². The summed E-state index contributed by atoms with van der Waals surface area (Å²) in [6.07, 6.45) is 6.46. The first-order valence-electron chi connectivity index (χ1n) is 7.41. The summed E-state index contributed by atoms with van der Waals surface area (Å²) in [4.78, 5) is 12.8. The Bertz CT molecular complexity index is 275. The fourth-order valence-electron chi connectivity index (χ4n) is 3.15. The Balaban J connectivity index is 2.41. The molecule has 0 saturated heterocycles. The first-order valence-corrected chi connectivity index (χ1v) is 8.33. The first kappa shape index (κ1) is 17.0. The van der Waals surface area contributed by atoms with Gasteiger partial charge in [-0.25, -0.2) is 0 Å². The predicted octanol–water partition coefficient (Wildman–Crippen LogP) is 3.51. The molecule has 0 radical (unpaired) electrons. The van der Waals surface area contributed by atoms with E-state index in [1.54, 1.807) is 7.11 Å². The Morgan fingerprint density at radius 1 is 1.37 bits per heavy atom. The molecule has 3 nitrogen and oxygen atoms in total. The van der Waals surface area contributed by atoms with Crippen LogP contribution in [0.15, 0.2) is 0 Å². The van der Waals surface area contributed by atoms with Crippen LogP contribution < -0.4 is 5.32 Å². The van der Waals surface area contributed by atoms with Gasteiger partial charge >= 0.3 is 0 Å². The van der Waals surface area contributed by atoms with Crippen LogP contribution in [0.2, 0.25) is 0 Å². The van der Waals surface area contributed by atoms with Gasteiger partial charge in [-0.2, -0.15) is 0 Å². The van der Waals surface area contributed by atoms with Crippen molar-refractivity contribution < 1.29 is 9.53 Å². The van der Waals surface area contributed by atoms with Gasteiger partial charge in [0.05, 0.1) is 6.61 Å². The second-order valence-electron chi connectivity index (χ2n) is 6.18. The van der Waals surface area contributed by atoms with Gasteiger partial charge in [-0.05, 0) is 31.6 Å². The van der Waals surface area contributed by atoms with Crippen molar-refractivity contribution in [3.8, 4) is 0 Å². The topological polar surface area (TPSA) is 38.3 Å². The van der Waals surface area contributed by atoms with Crippen LogP contribution in [0.5, 0.6) is 0 Å². The van der Waals surface area contributed by atoms with E-state index in [-0.39, 0.29) is 11.3 Å². The maximum Gasteiger partial charge on any atom is 0.226 e. The summed E-state index contributed by atoms with van der Waals surface area (Å²) in [5.41, 5.74) is -0.0861. The zero-order chi connectivity index (χ0) is 14.3. The molecule has 1 amide bonds. The lowest BCUT2D eigenvalue weighted by Gasteiger charge is -2.29. The normalized spacial score (nSPS) is 19.6. The molecule has 1 unspecified atom stereocenters. The Morgan fingerprint density at radius 2 is 2.00 bits per heavy atom. The van der Waals surface area contributed by atoms with Crippen LogP contribution in [0, 0.1) is 11.3 Å². The molecule has 0 aliphatic heterocycles. The molecule has 1 N–H and O–H groups in total. The number of carbonyl (C=O) groups is 1. The maximum absolute atomic E-state index is 12.5. The third-order valence-electron chi connectivity index (χ3n) is 3.93. The molecule has 1 fully saturated rings. The summed E-state index contributed by atoms with van der Waals surface area (Å²) in [5, 5.41) is 3.14. The monoisotopic (exact) mass is 333 g/mol. The highest BCUT2D eigenvalue weighted by Crippen LogP contribution is 2.43. The zero-order valence-corrected chi connectivity index (χ0v) is 14.1. The molecule has 112 valence electrons. The zero-order valence-electron chi connectivity index (χ0n) is 12.5. The second-order valence-corrected chi connectivity index (χ2v) is 7.48. The number of hydrogen-bond acceptors (Lipinski definition) is 2. The number of carbonyl (C=O) groups excluding carboxylic acids is 1. The van der Waals surface area contributed by atoms with Gasteiger partial charge < -0.3 is 10.1 Å². The fraction of sp³-hybridized carbons (Fsp3) is 0.933. The summed E-state index contributed by atoms with van der Waals surface area (Å²) in [6.45, 7) is 5.84. The van der Waals surface area contributed by atoms with E-state index < -0.39 is 0 Å². The lowest BCUT2D eigenvalue weighted by Crippen LogP contribution is -2.41. The molecule has 0 aromatic rings. The molecule has 4 heteroatoms. The minimum Gasteiger partial charge on any atom is -0.384 e. The average Bonchev–Trinajstić information content (AvgIpc) is 2.78. The number of alkyl halides is 1. The number of ether oxygens (including phenoxy) is 1. The van der Waals surface area contributed by atoms with Crippen molar-refractivity contribution in [3.05, 3.63) is 0 Å². The highest BCUT2D eigenvalue weighted by Gasteiger charge is 2.40. The number of amides is 1. The van der Waals surface area contributed by atoms with Gasteiger partial charge in [0.1, 0.15) is 0 Å². The van der Waals surface area contributed by atoms with E-state index in [4.69, 9.17) is 4.74 Å². The van der Waals surface area contributed by atoms with Crippen LogP contribution in [-0.4, -0.2) is 31.0 Å². The maximum atomic E-state index is 12.5. The summed E-state index contributed by atoms with van der Waals surface area (Å²) in [7, 11) is 1.70. The van der Waals surface area contributed by atoms with Crippen LogP contribution in [0.25, 0.3) is 0 Å². The molecule has 1 saturated carbocycles. The molecule has 19 heavy (non-hydrogen) atoms. The highest BCUT2D eigenvalue weighted by atomic mass is 79.9. The molecule has 1 aliphatic rings. The molecule has 0 aromatic heterocycles. The van der Waals surface area contributed by atoms with E-state index in [0.717, 1.165) is 32.2 Å². The number of nitrogens with one attached hydrogen (secondary N) is 1. The Labute approximate surface area is 126 Å². The molecule has 1 aliphatic carbocycles. The predicted molar refractivity (Wildman–Crippen MR) is 82.6 cm³/mol. The van der Waals surface area contributed by atoms with Crippen molar-refractivity contribution in [1.82, 2.24) is 5.32 Å². The smallest absolute Gasteiger partial charge is 0.226 e. The largest absolute Gasteiger partial charge is 0.384 e. The fourth-order valence-corrected chi connectivity index (χ4v) is 3.64. The molecule has 1 rings (SSSR count). The third-order valence-corrected chi connectivity index (χ3v) is 4.65. The van der Waals surface area contributed by atoms with Crippen molar-refractivity contribution in [1.29, 1.82) is 0 Å². The number of rotatable bonds is 8. The van der Waals surface area contributed by atoms with E-state index in [9.17, 15) is 4.79 Å².